The maximum Gasteiger partial charge on any atom is 0.230 e. The second-order valence-electron chi connectivity index (χ2n) is 6.06. The van der Waals surface area contributed by atoms with Crippen molar-refractivity contribution in [2.75, 3.05) is 38.7 Å². The SMILES string of the molecule is C[C@@H](C(=O)N1CCO[C@H](c2ccnc(N(C)C)n2)C1)c1cccs1. The van der Waals surface area contributed by atoms with Crippen molar-refractivity contribution in [3.63, 3.8) is 0 Å². The second kappa shape index (κ2) is 7.27. The zero-order valence-corrected chi connectivity index (χ0v) is 15.0. The average molecular weight is 346 g/mol. The summed E-state index contributed by atoms with van der Waals surface area (Å²) in [5.41, 5.74) is 0.815. The van der Waals surface area contributed by atoms with E-state index < -0.39 is 0 Å². The number of ether oxygens (including phenoxy) is 1. The standard InChI is InChI=1S/C17H22N4O2S/c1-12(15-5-4-10-24-15)16(22)21-8-9-23-14(11-21)13-6-7-18-17(19-13)20(2)3/h4-7,10,12,14H,8-9,11H2,1-3H3/t12-,14+/m1/s1. The van der Waals surface area contributed by atoms with Crippen molar-refractivity contribution in [2.24, 2.45) is 0 Å². The Kier molecular flexibility index (Phi) is 5.11. The lowest BCUT2D eigenvalue weighted by atomic mass is 10.1. The molecule has 1 amide bonds. The van der Waals surface area contributed by atoms with Crippen LogP contribution in [0.4, 0.5) is 5.95 Å². The Morgan fingerprint density at radius 1 is 1.46 bits per heavy atom. The first-order valence-corrected chi connectivity index (χ1v) is 8.88. The number of anilines is 1. The first-order valence-electron chi connectivity index (χ1n) is 8.00. The van der Waals surface area contributed by atoms with E-state index in [0.717, 1.165) is 10.6 Å². The molecule has 1 fully saturated rings. The van der Waals surface area contributed by atoms with Crippen molar-refractivity contribution in [2.45, 2.75) is 18.9 Å². The fourth-order valence-corrected chi connectivity index (χ4v) is 3.49. The molecule has 1 aliphatic heterocycles. The summed E-state index contributed by atoms with van der Waals surface area (Å²) in [6.07, 6.45) is 1.52. The molecule has 1 aliphatic rings. The predicted octanol–water partition coefficient (Wildman–Crippen LogP) is 2.31. The van der Waals surface area contributed by atoms with Crippen molar-refractivity contribution in [1.29, 1.82) is 0 Å². The van der Waals surface area contributed by atoms with Gasteiger partial charge in [0.05, 0.1) is 24.8 Å². The summed E-state index contributed by atoms with van der Waals surface area (Å²) in [7, 11) is 3.80. The fraction of sp³-hybridized carbons (Fsp3) is 0.471. The molecule has 7 heteroatoms. The van der Waals surface area contributed by atoms with Gasteiger partial charge in [-0.2, -0.15) is 0 Å². The number of rotatable bonds is 4. The van der Waals surface area contributed by atoms with E-state index in [0.29, 0.717) is 25.6 Å². The molecule has 1 saturated heterocycles. The fourth-order valence-electron chi connectivity index (χ4n) is 2.72. The van der Waals surface area contributed by atoms with Crippen molar-refractivity contribution in [3.8, 4) is 0 Å². The van der Waals surface area contributed by atoms with Crippen LogP contribution in [0.3, 0.4) is 0 Å². The van der Waals surface area contributed by atoms with Gasteiger partial charge in [0.1, 0.15) is 6.10 Å². The molecule has 0 bridgehead atoms. The van der Waals surface area contributed by atoms with Crippen LogP contribution < -0.4 is 4.90 Å². The van der Waals surface area contributed by atoms with Crippen LogP contribution in [0, 0.1) is 0 Å². The lowest BCUT2D eigenvalue weighted by Crippen LogP contribution is -2.44. The van der Waals surface area contributed by atoms with E-state index in [4.69, 9.17) is 4.74 Å². The van der Waals surface area contributed by atoms with Gasteiger partial charge in [-0.25, -0.2) is 9.97 Å². The molecule has 3 heterocycles. The van der Waals surface area contributed by atoms with Gasteiger partial charge in [-0.3, -0.25) is 4.79 Å². The molecule has 0 spiro atoms. The molecule has 128 valence electrons. The van der Waals surface area contributed by atoms with Gasteiger partial charge in [0.25, 0.3) is 0 Å². The summed E-state index contributed by atoms with van der Waals surface area (Å²) in [6, 6.07) is 5.85. The monoisotopic (exact) mass is 346 g/mol. The van der Waals surface area contributed by atoms with E-state index in [1.54, 1.807) is 17.5 Å². The molecule has 6 nitrogen and oxygen atoms in total. The smallest absolute Gasteiger partial charge is 0.230 e. The van der Waals surface area contributed by atoms with E-state index in [-0.39, 0.29) is 17.9 Å². The largest absolute Gasteiger partial charge is 0.368 e. The molecule has 0 N–H and O–H groups in total. The lowest BCUT2D eigenvalue weighted by molar-refractivity contribution is -0.140. The number of carbonyl (C=O) groups is 1. The third kappa shape index (κ3) is 3.57. The molecule has 2 aromatic rings. The molecule has 0 aromatic carbocycles. The molecule has 0 radical (unpaired) electrons. The number of thiophene rings is 1. The quantitative estimate of drug-likeness (QED) is 0.850. The highest BCUT2D eigenvalue weighted by Crippen LogP contribution is 2.27. The summed E-state index contributed by atoms with van der Waals surface area (Å²) < 4.78 is 5.85. The molecule has 0 saturated carbocycles. The third-order valence-electron chi connectivity index (χ3n) is 4.11. The number of hydrogen-bond donors (Lipinski definition) is 0. The van der Waals surface area contributed by atoms with Crippen molar-refractivity contribution < 1.29 is 9.53 Å². The van der Waals surface area contributed by atoms with E-state index in [1.165, 1.54) is 0 Å². The van der Waals surface area contributed by atoms with Crippen LogP contribution in [0.2, 0.25) is 0 Å². The minimum Gasteiger partial charge on any atom is -0.368 e. The summed E-state index contributed by atoms with van der Waals surface area (Å²) in [5, 5.41) is 2.00. The van der Waals surface area contributed by atoms with Crippen LogP contribution in [0.25, 0.3) is 0 Å². The molecule has 24 heavy (non-hydrogen) atoms. The minimum absolute atomic E-state index is 0.119. The van der Waals surface area contributed by atoms with Crippen LogP contribution in [0.15, 0.2) is 29.8 Å². The first kappa shape index (κ1) is 16.9. The van der Waals surface area contributed by atoms with Crippen LogP contribution in [0.5, 0.6) is 0 Å². The number of hydrogen-bond acceptors (Lipinski definition) is 6. The van der Waals surface area contributed by atoms with Gasteiger partial charge >= 0.3 is 0 Å². The summed E-state index contributed by atoms with van der Waals surface area (Å²) in [4.78, 5) is 26.4. The van der Waals surface area contributed by atoms with Gasteiger partial charge in [0, 0.05) is 31.7 Å². The van der Waals surface area contributed by atoms with E-state index >= 15 is 0 Å². The zero-order valence-electron chi connectivity index (χ0n) is 14.2. The lowest BCUT2D eigenvalue weighted by Gasteiger charge is -2.34. The Morgan fingerprint density at radius 3 is 3.00 bits per heavy atom. The highest BCUT2D eigenvalue weighted by molar-refractivity contribution is 7.10. The average Bonchev–Trinajstić information content (AvgIpc) is 3.15. The molecule has 3 rings (SSSR count). The minimum atomic E-state index is -0.208. The Hall–Kier alpha value is -1.99. The Bertz CT molecular complexity index is 690. The number of morpholine rings is 1. The summed E-state index contributed by atoms with van der Waals surface area (Å²) in [5.74, 6) is 0.672. The van der Waals surface area contributed by atoms with Crippen LogP contribution in [0.1, 0.15) is 29.5 Å². The number of amides is 1. The van der Waals surface area contributed by atoms with Gasteiger partial charge in [-0.15, -0.1) is 11.3 Å². The highest BCUT2D eigenvalue weighted by Gasteiger charge is 2.30. The predicted molar refractivity (Wildman–Crippen MR) is 94.4 cm³/mol. The first-order chi connectivity index (χ1) is 11.6. The van der Waals surface area contributed by atoms with E-state index in [2.05, 4.69) is 9.97 Å². The number of carbonyl (C=O) groups excluding carboxylic acids is 1. The maximum absolute atomic E-state index is 12.8. The van der Waals surface area contributed by atoms with Crippen LogP contribution >= 0.6 is 11.3 Å². The second-order valence-corrected chi connectivity index (χ2v) is 7.04. The van der Waals surface area contributed by atoms with Gasteiger partial charge in [-0.1, -0.05) is 6.07 Å². The van der Waals surface area contributed by atoms with Crippen LogP contribution in [-0.2, 0) is 9.53 Å². The van der Waals surface area contributed by atoms with Crippen molar-refractivity contribution >= 4 is 23.2 Å². The van der Waals surface area contributed by atoms with E-state index in [1.807, 2.05) is 54.4 Å². The van der Waals surface area contributed by atoms with Gasteiger partial charge in [0.2, 0.25) is 11.9 Å². The van der Waals surface area contributed by atoms with Crippen molar-refractivity contribution in [3.05, 3.63) is 40.3 Å². The van der Waals surface area contributed by atoms with Gasteiger partial charge in [-0.05, 0) is 24.4 Å². The normalized spacial score (nSPS) is 19.1. The third-order valence-corrected chi connectivity index (χ3v) is 5.17. The molecule has 2 aromatic heterocycles. The van der Waals surface area contributed by atoms with Gasteiger partial charge < -0.3 is 14.5 Å². The van der Waals surface area contributed by atoms with Crippen molar-refractivity contribution in [1.82, 2.24) is 14.9 Å². The Morgan fingerprint density at radius 2 is 2.29 bits per heavy atom. The maximum atomic E-state index is 12.8. The van der Waals surface area contributed by atoms with Gasteiger partial charge in [0.15, 0.2) is 0 Å². The Balaban J connectivity index is 1.72. The number of aromatic nitrogens is 2. The molecular weight excluding hydrogens is 324 g/mol. The van der Waals surface area contributed by atoms with E-state index in [9.17, 15) is 4.79 Å². The molecule has 2 atom stereocenters. The summed E-state index contributed by atoms with van der Waals surface area (Å²) >= 11 is 1.62. The summed E-state index contributed by atoms with van der Waals surface area (Å²) in [6.45, 7) is 3.64. The highest BCUT2D eigenvalue weighted by atomic mass is 32.1. The topological polar surface area (TPSA) is 58.6 Å². The molecule has 0 aliphatic carbocycles. The molecule has 0 unspecified atom stereocenters. The molecular formula is C17H22N4O2S. The Labute approximate surface area is 146 Å². The number of nitrogens with zero attached hydrogens (tertiary/aromatic N) is 4. The van der Waals surface area contributed by atoms with Crippen LogP contribution in [-0.4, -0.2) is 54.6 Å². The zero-order chi connectivity index (χ0) is 17.1.